The van der Waals surface area contributed by atoms with Crippen LogP contribution in [0.3, 0.4) is 0 Å². The molecule has 0 N–H and O–H groups in total. The minimum absolute atomic E-state index is 0.0652. The van der Waals surface area contributed by atoms with Crippen molar-refractivity contribution < 1.29 is 22.0 Å². The Kier molecular flexibility index (Phi) is 2.88. The second kappa shape index (κ2) is 3.81. The topological polar surface area (TPSA) is 36.7 Å². The Labute approximate surface area is 81.0 Å². The molecule has 0 saturated heterocycles. The van der Waals surface area contributed by atoms with E-state index in [1.165, 1.54) is 6.07 Å². The first-order valence-corrected chi connectivity index (χ1v) is 3.65. The highest BCUT2D eigenvalue weighted by Crippen LogP contribution is 2.29. The summed E-state index contributed by atoms with van der Waals surface area (Å²) in [5.74, 6) is -3.03. The molecule has 0 radical (unpaired) electrons. The molecule has 0 saturated carbocycles. The van der Waals surface area contributed by atoms with E-state index in [4.69, 9.17) is 5.26 Å². The maximum atomic E-state index is 12.9. The van der Waals surface area contributed by atoms with Gasteiger partial charge in [-0.1, -0.05) is 0 Å². The van der Waals surface area contributed by atoms with E-state index in [0.29, 0.717) is 0 Å². The molecule has 0 bridgehead atoms. The van der Waals surface area contributed by atoms with Crippen molar-refractivity contribution in [1.29, 1.82) is 5.26 Å². The predicted octanol–water partition coefficient (Wildman–Crippen LogP) is 2.44. The van der Waals surface area contributed by atoms with Gasteiger partial charge in [-0.05, 0) is 0 Å². The number of nitrogens with zero attached hydrogens (tertiary/aromatic N) is 2. The number of rotatable bonds is 1. The SMILES string of the molecule is N#CCc1c(F)cc(C(F)(F)F)nc1F. The number of pyridine rings is 1. The van der Waals surface area contributed by atoms with Crippen LogP contribution in [0, 0.1) is 23.1 Å². The van der Waals surface area contributed by atoms with Crippen molar-refractivity contribution in [2.24, 2.45) is 0 Å². The van der Waals surface area contributed by atoms with Gasteiger partial charge in [0.2, 0.25) is 5.95 Å². The zero-order valence-corrected chi connectivity index (χ0v) is 7.07. The number of hydrogen-bond acceptors (Lipinski definition) is 2. The normalized spacial score (nSPS) is 11.2. The Balaban J connectivity index is 3.27. The molecule has 80 valence electrons. The van der Waals surface area contributed by atoms with Gasteiger partial charge in [0.05, 0.1) is 18.1 Å². The molecule has 0 aliphatic heterocycles. The monoisotopic (exact) mass is 222 g/mol. The quantitative estimate of drug-likeness (QED) is 0.540. The van der Waals surface area contributed by atoms with Crippen LogP contribution in [-0.4, -0.2) is 4.98 Å². The summed E-state index contributed by atoms with van der Waals surface area (Å²) >= 11 is 0. The van der Waals surface area contributed by atoms with Gasteiger partial charge in [-0.15, -0.1) is 0 Å². The number of nitriles is 1. The molecule has 1 heterocycles. The number of aromatic nitrogens is 1. The fourth-order valence-corrected chi connectivity index (χ4v) is 0.893. The van der Waals surface area contributed by atoms with E-state index in [-0.39, 0.29) is 6.07 Å². The predicted molar refractivity (Wildman–Crippen MR) is 38.5 cm³/mol. The Bertz CT molecular complexity index is 395. The van der Waals surface area contributed by atoms with Crippen molar-refractivity contribution in [2.45, 2.75) is 12.6 Å². The van der Waals surface area contributed by atoms with Gasteiger partial charge in [-0.3, -0.25) is 0 Å². The highest BCUT2D eigenvalue weighted by atomic mass is 19.4. The van der Waals surface area contributed by atoms with Crippen LogP contribution in [0.25, 0.3) is 0 Å². The summed E-state index contributed by atoms with van der Waals surface area (Å²) in [4.78, 5) is 2.54. The lowest BCUT2D eigenvalue weighted by molar-refractivity contribution is -0.141. The van der Waals surface area contributed by atoms with Crippen LogP contribution < -0.4 is 0 Å². The Morgan fingerprint density at radius 2 is 1.93 bits per heavy atom. The molecule has 0 atom stereocenters. The van der Waals surface area contributed by atoms with Crippen molar-refractivity contribution in [3.63, 3.8) is 0 Å². The van der Waals surface area contributed by atoms with Gasteiger partial charge in [0, 0.05) is 6.07 Å². The van der Waals surface area contributed by atoms with Gasteiger partial charge < -0.3 is 0 Å². The van der Waals surface area contributed by atoms with E-state index in [0.717, 1.165) is 0 Å². The molecule has 0 fully saturated rings. The van der Waals surface area contributed by atoms with Crippen molar-refractivity contribution >= 4 is 0 Å². The Hall–Kier alpha value is -1.71. The third kappa shape index (κ3) is 2.40. The van der Waals surface area contributed by atoms with E-state index in [1.807, 2.05) is 0 Å². The first-order valence-electron chi connectivity index (χ1n) is 3.65. The number of halogens is 5. The molecule has 1 aromatic rings. The Morgan fingerprint density at radius 1 is 1.33 bits per heavy atom. The fraction of sp³-hybridized carbons (Fsp3) is 0.250. The van der Waals surface area contributed by atoms with Crippen molar-refractivity contribution in [3.8, 4) is 6.07 Å². The molecule has 0 spiro atoms. The minimum atomic E-state index is -4.91. The van der Waals surface area contributed by atoms with Gasteiger partial charge in [-0.2, -0.15) is 22.8 Å². The van der Waals surface area contributed by atoms with Crippen molar-refractivity contribution in [3.05, 3.63) is 29.1 Å². The second-order valence-corrected chi connectivity index (χ2v) is 2.59. The number of alkyl halides is 3. The zero-order valence-electron chi connectivity index (χ0n) is 7.07. The van der Waals surface area contributed by atoms with Crippen LogP contribution >= 0.6 is 0 Å². The van der Waals surface area contributed by atoms with Crippen LogP contribution in [0.1, 0.15) is 11.3 Å². The highest BCUT2D eigenvalue weighted by Gasteiger charge is 2.34. The maximum Gasteiger partial charge on any atom is 0.433 e. The summed E-state index contributed by atoms with van der Waals surface area (Å²) in [7, 11) is 0. The molecule has 15 heavy (non-hydrogen) atoms. The standard InChI is InChI=1S/C8H3F5N2/c9-5-3-6(8(11,12)13)15-7(10)4(5)1-2-14/h3H,1H2. The molecule has 0 aliphatic carbocycles. The van der Waals surface area contributed by atoms with E-state index < -0.39 is 35.6 Å². The third-order valence-electron chi connectivity index (χ3n) is 1.57. The molecule has 1 rings (SSSR count). The van der Waals surface area contributed by atoms with E-state index >= 15 is 0 Å². The molecule has 0 aliphatic rings. The van der Waals surface area contributed by atoms with Crippen molar-refractivity contribution in [1.82, 2.24) is 4.98 Å². The molecular formula is C8H3F5N2. The zero-order chi connectivity index (χ0) is 11.6. The van der Waals surface area contributed by atoms with E-state index in [9.17, 15) is 22.0 Å². The average Bonchev–Trinajstić information content (AvgIpc) is 2.09. The lowest BCUT2D eigenvalue weighted by atomic mass is 10.2. The second-order valence-electron chi connectivity index (χ2n) is 2.59. The van der Waals surface area contributed by atoms with E-state index in [1.54, 1.807) is 0 Å². The molecule has 7 heteroatoms. The summed E-state index contributed by atoms with van der Waals surface area (Å²) in [5, 5.41) is 8.16. The summed E-state index contributed by atoms with van der Waals surface area (Å²) < 4.78 is 61.7. The summed E-state index contributed by atoms with van der Waals surface area (Å²) in [5.41, 5.74) is -2.41. The maximum absolute atomic E-state index is 12.9. The lowest BCUT2D eigenvalue weighted by Crippen LogP contribution is -2.12. The van der Waals surface area contributed by atoms with Crippen molar-refractivity contribution in [2.75, 3.05) is 0 Å². The smallest absolute Gasteiger partial charge is 0.215 e. The molecule has 1 aromatic heterocycles. The molecular weight excluding hydrogens is 219 g/mol. The average molecular weight is 222 g/mol. The minimum Gasteiger partial charge on any atom is -0.215 e. The summed E-state index contributed by atoms with van der Waals surface area (Å²) in [6.07, 6.45) is -5.57. The van der Waals surface area contributed by atoms with Crippen LogP contribution in [0.15, 0.2) is 6.07 Å². The van der Waals surface area contributed by atoms with Gasteiger partial charge in [0.25, 0.3) is 0 Å². The molecule has 0 amide bonds. The first kappa shape index (κ1) is 11.4. The van der Waals surface area contributed by atoms with Gasteiger partial charge >= 0.3 is 6.18 Å². The number of hydrogen-bond donors (Lipinski definition) is 0. The molecule has 2 nitrogen and oxygen atoms in total. The first-order chi connectivity index (χ1) is 6.86. The van der Waals surface area contributed by atoms with Gasteiger partial charge in [-0.25, -0.2) is 9.37 Å². The molecule has 0 unspecified atom stereocenters. The van der Waals surface area contributed by atoms with Gasteiger partial charge in [0.1, 0.15) is 5.82 Å². The highest BCUT2D eigenvalue weighted by molar-refractivity contribution is 5.22. The summed E-state index contributed by atoms with van der Waals surface area (Å²) in [6, 6.07) is 1.49. The fourth-order valence-electron chi connectivity index (χ4n) is 0.893. The van der Waals surface area contributed by atoms with Crippen LogP contribution in [0.5, 0.6) is 0 Å². The Morgan fingerprint density at radius 3 is 2.33 bits per heavy atom. The van der Waals surface area contributed by atoms with Gasteiger partial charge in [0.15, 0.2) is 5.69 Å². The lowest BCUT2D eigenvalue weighted by Gasteiger charge is -2.07. The summed E-state index contributed by atoms with van der Waals surface area (Å²) in [6.45, 7) is 0. The van der Waals surface area contributed by atoms with E-state index in [2.05, 4.69) is 4.98 Å². The molecule has 0 aromatic carbocycles. The van der Waals surface area contributed by atoms with Crippen LogP contribution in [-0.2, 0) is 12.6 Å². The van der Waals surface area contributed by atoms with Crippen LogP contribution in [0.4, 0.5) is 22.0 Å². The largest absolute Gasteiger partial charge is 0.433 e. The third-order valence-corrected chi connectivity index (χ3v) is 1.57. The van der Waals surface area contributed by atoms with Crippen LogP contribution in [0.2, 0.25) is 0 Å².